The molecule has 2 fully saturated rings. The summed E-state index contributed by atoms with van der Waals surface area (Å²) in [5.41, 5.74) is 7.72. The number of amides is 2. The van der Waals surface area contributed by atoms with E-state index in [1.165, 1.54) is 11.1 Å². The molecule has 2 aliphatic rings. The number of primary amides is 1. The highest BCUT2D eigenvalue weighted by Gasteiger charge is 2.24. The minimum atomic E-state index is -0.236. The molecule has 0 saturated carbocycles. The molecule has 3 rings (SSSR count). The van der Waals surface area contributed by atoms with Gasteiger partial charge in [-0.1, -0.05) is 24.3 Å². The number of rotatable bonds is 6. The van der Waals surface area contributed by atoms with Crippen molar-refractivity contribution in [2.75, 3.05) is 26.7 Å². The number of nitrogens with zero attached hydrogens (tertiary/aromatic N) is 3. The van der Waals surface area contributed by atoms with Gasteiger partial charge in [0, 0.05) is 52.6 Å². The molecule has 2 heterocycles. The molecule has 0 radical (unpaired) electrons. The van der Waals surface area contributed by atoms with E-state index in [1.54, 1.807) is 7.05 Å². The van der Waals surface area contributed by atoms with Crippen LogP contribution >= 0.6 is 0 Å². The molecule has 7 nitrogen and oxygen atoms in total. The Balaban J connectivity index is 1.61. The summed E-state index contributed by atoms with van der Waals surface area (Å²) in [6.45, 7) is 3.89. The van der Waals surface area contributed by atoms with Gasteiger partial charge in [-0.15, -0.1) is 0 Å². The van der Waals surface area contributed by atoms with Crippen LogP contribution in [-0.2, 0) is 22.7 Å². The number of nitrogens with one attached hydrogen (secondary N) is 1. The number of guanidine groups is 1. The Morgan fingerprint density at radius 3 is 2.71 bits per heavy atom. The third kappa shape index (κ3) is 5.24. The summed E-state index contributed by atoms with van der Waals surface area (Å²) in [4.78, 5) is 31.8. The van der Waals surface area contributed by atoms with E-state index in [4.69, 9.17) is 5.73 Å². The molecule has 0 aliphatic carbocycles. The maximum Gasteiger partial charge on any atom is 0.222 e. The van der Waals surface area contributed by atoms with Crippen LogP contribution in [0.2, 0.25) is 0 Å². The average Bonchev–Trinajstić information content (AvgIpc) is 3.08. The first kappa shape index (κ1) is 20.2. The first-order valence-electron chi connectivity index (χ1n) is 10.1. The van der Waals surface area contributed by atoms with Gasteiger partial charge < -0.3 is 20.9 Å². The lowest BCUT2D eigenvalue weighted by molar-refractivity contribution is -0.128. The van der Waals surface area contributed by atoms with Crippen molar-refractivity contribution in [2.45, 2.75) is 45.2 Å². The Bertz CT molecular complexity index is 733. The van der Waals surface area contributed by atoms with Gasteiger partial charge in [0.1, 0.15) is 0 Å². The predicted molar refractivity (Wildman–Crippen MR) is 109 cm³/mol. The van der Waals surface area contributed by atoms with Gasteiger partial charge in [0.25, 0.3) is 0 Å². The average molecular weight is 386 g/mol. The number of benzene rings is 1. The summed E-state index contributed by atoms with van der Waals surface area (Å²) in [6, 6.07) is 8.24. The summed E-state index contributed by atoms with van der Waals surface area (Å²) in [6.07, 6.45) is 4.11. The SMILES string of the molecule is CN=C(NCc1ccccc1CN1CCCC1=O)N1CCCC(CC(N)=O)C1. The number of hydrogen-bond donors (Lipinski definition) is 2. The highest BCUT2D eigenvalue weighted by atomic mass is 16.2. The predicted octanol–water partition coefficient (Wildman–Crippen LogP) is 1.47. The molecule has 1 aromatic rings. The first-order chi connectivity index (χ1) is 13.6. The highest BCUT2D eigenvalue weighted by molar-refractivity contribution is 5.80. The Kier molecular flexibility index (Phi) is 6.90. The minimum Gasteiger partial charge on any atom is -0.370 e. The van der Waals surface area contributed by atoms with E-state index in [1.807, 2.05) is 17.0 Å². The van der Waals surface area contributed by atoms with Crippen molar-refractivity contribution in [1.29, 1.82) is 0 Å². The standard InChI is InChI=1S/C21H31N5O2/c1-23-21(26-11-4-6-16(14-26)12-19(22)27)24-13-17-7-2-3-8-18(17)15-25-10-5-9-20(25)28/h2-3,7-8,16H,4-6,9-15H2,1H3,(H2,22,27)(H,23,24). The Labute approximate surface area is 167 Å². The van der Waals surface area contributed by atoms with Crippen molar-refractivity contribution >= 4 is 17.8 Å². The molecule has 2 saturated heterocycles. The van der Waals surface area contributed by atoms with Crippen molar-refractivity contribution in [3.8, 4) is 0 Å². The normalized spacial score (nSPS) is 20.5. The van der Waals surface area contributed by atoms with Crippen LogP contribution in [0.15, 0.2) is 29.3 Å². The summed E-state index contributed by atoms with van der Waals surface area (Å²) in [5, 5.41) is 3.46. The summed E-state index contributed by atoms with van der Waals surface area (Å²) in [7, 11) is 1.79. The lowest BCUT2D eigenvalue weighted by Crippen LogP contribution is -2.47. The molecule has 3 N–H and O–H groups in total. The van der Waals surface area contributed by atoms with Crippen LogP contribution in [0.3, 0.4) is 0 Å². The number of carbonyl (C=O) groups excluding carboxylic acids is 2. The molecule has 1 aromatic carbocycles. The topological polar surface area (TPSA) is 91.0 Å². The number of piperidine rings is 1. The molecule has 2 amide bonds. The Hall–Kier alpha value is -2.57. The monoisotopic (exact) mass is 385 g/mol. The van der Waals surface area contributed by atoms with Gasteiger partial charge in [0.15, 0.2) is 5.96 Å². The van der Waals surface area contributed by atoms with Gasteiger partial charge in [-0.2, -0.15) is 0 Å². The maximum atomic E-state index is 12.0. The second-order valence-electron chi connectivity index (χ2n) is 7.71. The van der Waals surface area contributed by atoms with Crippen LogP contribution in [0.1, 0.15) is 43.2 Å². The van der Waals surface area contributed by atoms with Crippen LogP contribution in [0.25, 0.3) is 0 Å². The minimum absolute atomic E-state index is 0.236. The molecule has 1 atom stereocenters. The van der Waals surface area contributed by atoms with E-state index in [2.05, 4.69) is 27.3 Å². The first-order valence-corrected chi connectivity index (χ1v) is 10.1. The van der Waals surface area contributed by atoms with Crippen molar-refractivity contribution < 1.29 is 9.59 Å². The lowest BCUT2D eigenvalue weighted by atomic mass is 9.95. The van der Waals surface area contributed by atoms with Gasteiger partial charge in [-0.05, 0) is 36.3 Å². The Morgan fingerprint density at radius 2 is 2.04 bits per heavy atom. The summed E-state index contributed by atoms with van der Waals surface area (Å²) < 4.78 is 0. The van der Waals surface area contributed by atoms with E-state index in [-0.39, 0.29) is 11.8 Å². The van der Waals surface area contributed by atoms with Crippen LogP contribution in [0.5, 0.6) is 0 Å². The fourth-order valence-corrected chi connectivity index (χ4v) is 4.18. The van der Waals surface area contributed by atoms with Crippen molar-refractivity contribution in [3.63, 3.8) is 0 Å². The molecule has 0 aromatic heterocycles. The van der Waals surface area contributed by atoms with Gasteiger partial charge in [-0.25, -0.2) is 0 Å². The van der Waals surface area contributed by atoms with Crippen molar-refractivity contribution in [1.82, 2.24) is 15.1 Å². The van der Waals surface area contributed by atoms with Crippen LogP contribution in [-0.4, -0.2) is 54.3 Å². The van der Waals surface area contributed by atoms with E-state index in [0.717, 1.165) is 44.9 Å². The molecule has 152 valence electrons. The highest BCUT2D eigenvalue weighted by Crippen LogP contribution is 2.20. The van der Waals surface area contributed by atoms with Crippen molar-refractivity contribution in [3.05, 3.63) is 35.4 Å². The van der Waals surface area contributed by atoms with E-state index < -0.39 is 0 Å². The van der Waals surface area contributed by atoms with E-state index in [0.29, 0.717) is 31.8 Å². The lowest BCUT2D eigenvalue weighted by Gasteiger charge is -2.34. The zero-order chi connectivity index (χ0) is 19.9. The van der Waals surface area contributed by atoms with Gasteiger partial charge in [-0.3, -0.25) is 14.6 Å². The molecule has 1 unspecified atom stereocenters. The van der Waals surface area contributed by atoms with Gasteiger partial charge in [0.2, 0.25) is 11.8 Å². The molecule has 7 heteroatoms. The second kappa shape index (κ2) is 9.57. The van der Waals surface area contributed by atoms with E-state index >= 15 is 0 Å². The zero-order valence-electron chi connectivity index (χ0n) is 16.7. The molecule has 0 bridgehead atoms. The largest absolute Gasteiger partial charge is 0.370 e. The van der Waals surface area contributed by atoms with Crippen LogP contribution in [0, 0.1) is 5.92 Å². The molecular weight excluding hydrogens is 354 g/mol. The summed E-state index contributed by atoms with van der Waals surface area (Å²) in [5.74, 6) is 1.15. The smallest absolute Gasteiger partial charge is 0.222 e. The zero-order valence-corrected chi connectivity index (χ0v) is 16.7. The van der Waals surface area contributed by atoms with E-state index in [9.17, 15) is 9.59 Å². The molecular formula is C21H31N5O2. The maximum absolute atomic E-state index is 12.0. The van der Waals surface area contributed by atoms with Crippen LogP contribution < -0.4 is 11.1 Å². The molecule has 2 aliphatic heterocycles. The summed E-state index contributed by atoms with van der Waals surface area (Å²) >= 11 is 0. The molecule has 0 spiro atoms. The third-order valence-corrected chi connectivity index (χ3v) is 5.61. The van der Waals surface area contributed by atoms with Gasteiger partial charge in [0.05, 0.1) is 0 Å². The second-order valence-corrected chi connectivity index (χ2v) is 7.71. The molecule has 28 heavy (non-hydrogen) atoms. The number of likely N-dealkylation sites (tertiary alicyclic amines) is 2. The third-order valence-electron chi connectivity index (χ3n) is 5.61. The fourth-order valence-electron chi connectivity index (χ4n) is 4.18. The van der Waals surface area contributed by atoms with Crippen LogP contribution in [0.4, 0.5) is 0 Å². The number of carbonyl (C=O) groups is 2. The number of aliphatic imine (C=N–C) groups is 1. The van der Waals surface area contributed by atoms with Crippen molar-refractivity contribution in [2.24, 2.45) is 16.6 Å². The Morgan fingerprint density at radius 1 is 1.25 bits per heavy atom. The number of nitrogens with two attached hydrogens (primary N) is 1. The quantitative estimate of drug-likeness (QED) is 0.573. The number of hydrogen-bond acceptors (Lipinski definition) is 3. The fraction of sp³-hybridized carbons (Fsp3) is 0.571. The van der Waals surface area contributed by atoms with Gasteiger partial charge >= 0.3 is 0 Å².